The van der Waals surface area contributed by atoms with E-state index in [1.165, 1.54) is 5.75 Å². The summed E-state index contributed by atoms with van der Waals surface area (Å²) in [5.74, 6) is 2.28. The maximum absolute atomic E-state index is 10.9. The first-order valence-electron chi connectivity index (χ1n) is 5.75. The SMILES string of the molecule is CC(NC1CCSC1)c1ccccc1[N+](=O)[O-]. The van der Waals surface area contributed by atoms with Crippen LogP contribution in [0.4, 0.5) is 5.69 Å². The summed E-state index contributed by atoms with van der Waals surface area (Å²) in [4.78, 5) is 10.6. The Morgan fingerprint density at radius 1 is 1.53 bits per heavy atom. The number of nitro benzene ring substituents is 1. The van der Waals surface area contributed by atoms with Crippen LogP contribution in [0.5, 0.6) is 0 Å². The van der Waals surface area contributed by atoms with Crippen molar-refractivity contribution in [3.63, 3.8) is 0 Å². The zero-order chi connectivity index (χ0) is 12.3. The van der Waals surface area contributed by atoms with Gasteiger partial charge in [0.05, 0.1) is 4.92 Å². The Hall–Kier alpha value is -1.07. The third-order valence-electron chi connectivity index (χ3n) is 3.02. The van der Waals surface area contributed by atoms with E-state index in [4.69, 9.17) is 0 Å². The third kappa shape index (κ3) is 2.98. The van der Waals surface area contributed by atoms with Gasteiger partial charge < -0.3 is 5.32 Å². The standard InChI is InChI=1S/C12H16N2O2S/c1-9(13-10-6-7-17-8-10)11-4-2-3-5-12(11)14(15)16/h2-5,9-10,13H,6-8H2,1H3. The summed E-state index contributed by atoms with van der Waals surface area (Å²) in [5, 5.41) is 14.4. The lowest BCUT2D eigenvalue weighted by Gasteiger charge is -2.18. The zero-order valence-electron chi connectivity index (χ0n) is 9.76. The molecule has 1 N–H and O–H groups in total. The number of nitro groups is 1. The van der Waals surface area contributed by atoms with Gasteiger partial charge in [-0.05, 0) is 19.1 Å². The molecule has 0 aromatic heterocycles. The van der Waals surface area contributed by atoms with E-state index in [2.05, 4.69) is 5.32 Å². The summed E-state index contributed by atoms with van der Waals surface area (Å²) in [6.07, 6.45) is 1.15. The predicted octanol–water partition coefficient (Wildman–Crippen LogP) is 2.75. The molecule has 1 fully saturated rings. The second-order valence-corrected chi connectivity index (χ2v) is 5.41. The summed E-state index contributed by atoms with van der Waals surface area (Å²) in [6.45, 7) is 1.99. The van der Waals surface area contributed by atoms with E-state index < -0.39 is 0 Å². The molecule has 0 saturated carbocycles. The second-order valence-electron chi connectivity index (χ2n) is 4.26. The Labute approximate surface area is 105 Å². The van der Waals surface area contributed by atoms with E-state index in [1.54, 1.807) is 12.1 Å². The molecule has 17 heavy (non-hydrogen) atoms. The second kappa shape index (κ2) is 5.51. The molecule has 1 saturated heterocycles. The molecule has 5 heteroatoms. The first-order valence-corrected chi connectivity index (χ1v) is 6.91. The first-order chi connectivity index (χ1) is 8.18. The quantitative estimate of drug-likeness (QED) is 0.661. The minimum Gasteiger partial charge on any atom is -0.306 e. The van der Waals surface area contributed by atoms with Crippen LogP contribution < -0.4 is 5.32 Å². The highest BCUT2D eigenvalue weighted by Gasteiger charge is 2.22. The fourth-order valence-electron chi connectivity index (χ4n) is 2.13. The van der Waals surface area contributed by atoms with Gasteiger partial charge in [-0.2, -0.15) is 11.8 Å². The van der Waals surface area contributed by atoms with Crippen molar-refractivity contribution in [2.45, 2.75) is 25.4 Å². The van der Waals surface area contributed by atoms with Crippen LogP contribution in [0.3, 0.4) is 0 Å². The number of nitrogens with zero attached hydrogens (tertiary/aromatic N) is 1. The van der Waals surface area contributed by atoms with E-state index in [9.17, 15) is 10.1 Å². The fraction of sp³-hybridized carbons (Fsp3) is 0.500. The topological polar surface area (TPSA) is 55.2 Å². The monoisotopic (exact) mass is 252 g/mol. The number of thioether (sulfide) groups is 1. The molecule has 0 aliphatic carbocycles. The lowest BCUT2D eigenvalue weighted by atomic mass is 10.1. The molecule has 2 unspecified atom stereocenters. The van der Waals surface area contributed by atoms with Crippen molar-refractivity contribution < 1.29 is 4.92 Å². The third-order valence-corrected chi connectivity index (χ3v) is 4.18. The fourth-order valence-corrected chi connectivity index (χ4v) is 3.29. The van der Waals surface area contributed by atoms with Gasteiger partial charge in [0.2, 0.25) is 0 Å². The highest BCUT2D eigenvalue weighted by molar-refractivity contribution is 7.99. The van der Waals surface area contributed by atoms with Crippen molar-refractivity contribution in [2.75, 3.05) is 11.5 Å². The van der Waals surface area contributed by atoms with E-state index in [0.717, 1.165) is 17.7 Å². The van der Waals surface area contributed by atoms with Crippen LogP contribution in [0, 0.1) is 10.1 Å². The average molecular weight is 252 g/mol. The molecule has 1 aliphatic heterocycles. The molecule has 2 atom stereocenters. The van der Waals surface area contributed by atoms with Gasteiger partial charge in [0.15, 0.2) is 0 Å². The van der Waals surface area contributed by atoms with Crippen molar-refractivity contribution >= 4 is 17.4 Å². The molecule has 2 rings (SSSR count). The molecule has 0 amide bonds. The molecule has 0 radical (unpaired) electrons. The Bertz CT molecular complexity index is 405. The predicted molar refractivity (Wildman–Crippen MR) is 70.4 cm³/mol. The molecule has 4 nitrogen and oxygen atoms in total. The van der Waals surface area contributed by atoms with E-state index >= 15 is 0 Å². The molecular formula is C12H16N2O2S. The van der Waals surface area contributed by atoms with Crippen LogP contribution >= 0.6 is 11.8 Å². The Kier molecular flexibility index (Phi) is 4.02. The normalized spacial score (nSPS) is 21.4. The first kappa shape index (κ1) is 12.4. The smallest absolute Gasteiger partial charge is 0.274 e. The lowest BCUT2D eigenvalue weighted by molar-refractivity contribution is -0.385. The zero-order valence-corrected chi connectivity index (χ0v) is 10.6. The van der Waals surface area contributed by atoms with Crippen molar-refractivity contribution in [2.24, 2.45) is 0 Å². The van der Waals surface area contributed by atoms with Gasteiger partial charge in [0.1, 0.15) is 0 Å². The van der Waals surface area contributed by atoms with Gasteiger partial charge in [0.25, 0.3) is 5.69 Å². The molecule has 92 valence electrons. The van der Waals surface area contributed by atoms with Crippen molar-refractivity contribution in [3.8, 4) is 0 Å². The number of nitrogens with one attached hydrogen (secondary N) is 1. The molecule has 0 spiro atoms. The van der Waals surface area contributed by atoms with Gasteiger partial charge in [0, 0.05) is 29.5 Å². The Morgan fingerprint density at radius 3 is 2.94 bits per heavy atom. The highest BCUT2D eigenvalue weighted by Crippen LogP contribution is 2.26. The molecule has 0 bridgehead atoms. The van der Waals surface area contributed by atoms with Crippen LogP contribution in [0.1, 0.15) is 24.9 Å². The summed E-state index contributed by atoms with van der Waals surface area (Å²) in [6, 6.07) is 7.47. The number of benzene rings is 1. The molecular weight excluding hydrogens is 236 g/mol. The lowest BCUT2D eigenvalue weighted by Crippen LogP contribution is -2.31. The van der Waals surface area contributed by atoms with Crippen LogP contribution in [0.15, 0.2) is 24.3 Å². The van der Waals surface area contributed by atoms with Crippen LogP contribution in [0.25, 0.3) is 0 Å². The van der Waals surface area contributed by atoms with Crippen LogP contribution in [0.2, 0.25) is 0 Å². The Balaban J connectivity index is 2.12. The largest absolute Gasteiger partial charge is 0.306 e. The summed E-state index contributed by atoms with van der Waals surface area (Å²) in [7, 11) is 0. The maximum atomic E-state index is 10.9. The number of rotatable bonds is 4. The maximum Gasteiger partial charge on any atom is 0.274 e. The van der Waals surface area contributed by atoms with Crippen molar-refractivity contribution in [1.82, 2.24) is 5.32 Å². The van der Waals surface area contributed by atoms with Gasteiger partial charge in [-0.15, -0.1) is 0 Å². The van der Waals surface area contributed by atoms with Gasteiger partial charge >= 0.3 is 0 Å². The van der Waals surface area contributed by atoms with E-state index in [0.29, 0.717) is 6.04 Å². The van der Waals surface area contributed by atoms with E-state index in [-0.39, 0.29) is 16.7 Å². The summed E-state index contributed by atoms with van der Waals surface area (Å²) >= 11 is 1.93. The Morgan fingerprint density at radius 2 is 2.29 bits per heavy atom. The minimum absolute atomic E-state index is 0.0281. The van der Waals surface area contributed by atoms with Gasteiger partial charge in [-0.1, -0.05) is 18.2 Å². The summed E-state index contributed by atoms with van der Waals surface area (Å²) < 4.78 is 0. The molecule has 1 heterocycles. The van der Waals surface area contributed by atoms with E-state index in [1.807, 2.05) is 30.8 Å². The summed E-state index contributed by atoms with van der Waals surface area (Å²) in [5.41, 5.74) is 0.979. The van der Waals surface area contributed by atoms with Gasteiger partial charge in [-0.25, -0.2) is 0 Å². The van der Waals surface area contributed by atoms with Crippen LogP contribution in [-0.4, -0.2) is 22.5 Å². The molecule has 1 aromatic rings. The van der Waals surface area contributed by atoms with Crippen LogP contribution in [-0.2, 0) is 0 Å². The molecule has 1 aromatic carbocycles. The minimum atomic E-state index is -0.309. The van der Waals surface area contributed by atoms with Gasteiger partial charge in [-0.3, -0.25) is 10.1 Å². The number of hydrogen-bond donors (Lipinski definition) is 1. The van der Waals surface area contributed by atoms with Crippen molar-refractivity contribution in [1.29, 1.82) is 0 Å². The van der Waals surface area contributed by atoms with Crippen molar-refractivity contribution in [3.05, 3.63) is 39.9 Å². The number of para-hydroxylation sites is 1. The number of hydrogen-bond acceptors (Lipinski definition) is 4. The highest BCUT2D eigenvalue weighted by atomic mass is 32.2. The average Bonchev–Trinajstić information content (AvgIpc) is 2.81. The molecule has 1 aliphatic rings.